The molecule has 0 radical (unpaired) electrons. The lowest BCUT2D eigenvalue weighted by atomic mass is 10.0. The summed E-state index contributed by atoms with van der Waals surface area (Å²) < 4.78 is 39.6. The standard InChI is InChI=1S/C17H13F3N2/c1-21-16-12-7-3-2-6-11(12)10-15(22-16)13-8-4-5-9-14(13)17(18,19)20/h2-10H,1H3,(H,21,22). The van der Waals surface area contributed by atoms with Crippen LogP contribution >= 0.6 is 0 Å². The predicted octanol–water partition coefficient (Wildman–Crippen LogP) is 4.96. The second-order valence-corrected chi connectivity index (χ2v) is 4.87. The summed E-state index contributed by atoms with van der Waals surface area (Å²) in [4.78, 5) is 4.35. The van der Waals surface area contributed by atoms with Crippen LogP contribution in [0.5, 0.6) is 0 Å². The number of rotatable bonds is 2. The number of hydrogen-bond donors (Lipinski definition) is 1. The lowest BCUT2D eigenvalue weighted by Gasteiger charge is -2.14. The molecule has 0 atom stereocenters. The van der Waals surface area contributed by atoms with E-state index in [-0.39, 0.29) is 5.56 Å². The lowest BCUT2D eigenvalue weighted by Crippen LogP contribution is -2.07. The van der Waals surface area contributed by atoms with Crippen LogP contribution in [-0.2, 0) is 6.18 Å². The van der Waals surface area contributed by atoms with E-state index in [2.05, 4.69) is 10.3 Å². The van der Waals surface area contributed by atoms with Crippen LogP contribution in [0.3, 0.4) is 0 Å². The minimum Gasteiger partial charge on any atom is -0.373 e. The van der Waals surface area contributed by atoms with Crippen molar-refractivity contribution in [1.29, 1.82) is 0 Å². The van der Waals surface area contributed by atoms with Gasteiger partial charge in [-0.3, -0.25) is 0 Å². The van der Waals surface area contributed by atoms with Gasteiger partial charge in [-0.15, -0.1) is 0 Å². The van der Waals surface area contributed by atoms with E-state index in [0.29, 0.717) is 11.5 Å². The first kappa shape index (κ1) is 14.4. The SMILES string of the molecule is CNc1nc(-c2ccccc2C(F)(F)F)cc2ccccc12. The molecule has 0 aliphatic heterocycles. The van der Waals surface area contributed by atoms with Gasteiger partial charge in [0.15, 0.2) is 0 Å². The van der Waals surface area contributed by atoms with E-state index in [1.54, 1.807) is 19.2 Å². The number of hydrogen-bond acceptors (Lipinski definition) is 2. The van der Waals surface area contributed by atoms with Gasteiger partial charge in [0.1, 0.15) is 5.82 Å². The highest BCUT2D eigenvalue weighted by Gasteiger charge is 2.33. The molecule has 2 nitrogen and oxygen atoms in total. The summed E-state index contributed by atoms with van der Waals surface area (Å²) in [7, 11) is 1.70. The Morgan fingerprint density at radius 3 is 2.36 bits per heavy atom. The van der Waals surface area contributed by atoms with E-state index in [1.807, 2.05) is 24.3 Å². The van der Waals surface area contributed by atoms with E-state index in [4.69, 9.17) is 0 Å². The minimum absolute atomic E-state index is 0.0808. The van der Waals surface area contributed by atoms with E-state index in [1.165, 1.54) is 12.1 Å². The molecule has 5 heteroatoms. The summed E-state index contributed by atoms with van der Waals surface area (Å²) in [6.07, 6.45) is -4.41. The molecule has 0 saturated carbocycles. The van der Waals surface area contributed by atoms with E-state index >= 15 is 0 Å². The van der Waals surface area contributed by atoms with Crippen LogP contribution in [0.1, 0.15) is 5.56 Å². The zero-order chi connectivity index (χ0) is 15.7. The van der Waals surface area contributed by atoms with Gasteiger partial charge in [-0.25, -0.2) is 4.98 Å². The molecule has 1 aromatic heterocycles. The van der Waals surface area contributed by atoms with Crippen molar-refractivity contribution in [2.75, 3.05) is 12.4 Å². The molecule has 3 rings (SSSR count). The van der Waals surface area contributed by atoms with Crippen LogP contribution in [0, 0.1) is 0 Å². The molecule has 0 aliphatic rings. The van der Waals surface area contributed by atoms with Crippen LogP contribution < -0.4 is 5.32 Å². The zero-order valence-corrected chi connectivity index (χ0v) is 11.8. The maximum Gasteiger partial charge on any atom is 0.417 e. The fourth-order valence-corrected chi connectivity index (χ4v) is 2.48. The van der Waals surface area contributed by atoms with Crippen molar-refractivity contribution < 1.29 is 13.2 Å². The summed E-state index contributed by atoms with van der Waals surface area (Å²) in [5.74, 6) is 0.560. The first-order valence-corrected chi connectivity index (χ1v) is 6.75. The van der Waals surface area contributed by atoms with Crippen LogP contribution in [0.15, 0.2) is 54.6 Å². The van der Waals surface area contributed by atoms with Gasteiger partial charge in [-0.05, 0) is 17.5 Å². The van der Waals surface area contributed by atoms with Crippen molar-refractivity contribution in [3.8, 4) is 11.3 Å². The summed E-state index contributed by atoms with van der Waals surface area (Å²) in [6, 6.07) is 14.6. The van der Waals surface area contributed by atoms with Gasteiger partial charge in [-0.1, -0.05) is 42.5 Å². The Balaban J connectivity index is 2.28. The number of halogens is 3. The van der Waals surface area contributed by atoms with Gasteiger partial charge in [0, 0.05) is 18.0 Å². The molecular formula is C17H13F3N2. The normalized spacial score (nSPS) is 11.6. The van der Waals surface area contributed by atoms with Gasteiger partial charge in [0.2, 0.25) is 0 Å². The second-order valence-electron chi connectivity index (χ2n) is 4.87. The highest BCUT2D eigenvalue weighted by molar-refractivity contribution is 5.94. The lowest BCUT2D eigenvalue weighted by molar-refractivity contribution is -0.137. The van der Waals surface area contributed by atoms with Crippen molar-refractivity contribution in [2.24, 2.45) is 0 Å². The third kappa shape index (κ3) is 2.50. The molecular weight excluding hydrogens is 289 g/mol. The molecule has 1 heterocycles. The number of nitrogens with one attached hydrogen (secondary N) is 1. The van der Waals surface area contributed by atoms with Gasteiger partial charge in [0.05, 0.1) is 11.3 Å². The summed E-state index contributed by atoms with van der Waals surface area (Å²) in [6.45, 7) is 0. The third-order valence-electron chi connectivity index (χ3n) is 3.49. The molecule has 0 unspecified atom stereocenters. The summed E-state index contributed by atoms with van der Waals surface area (Å²) in [5, 5.41) is 4.66. The molecule has 112 valence electrons. The molecule has 0 aliphatic carbocycles. The van der Waals surface area contributed by atoms with Gasteiger partial charge in [-0.2, -0.15) is 13.2 Å². The number of benzene rings is 2. The Morgan fingerprint density at radius 1 is 0.955 bits per heavy atom. The second kappa shape index (κ2) is 5.33. The van der Waals surface area contributed by atoms with Crippen molar-refractivity contribution >= 4 is 16.6 Å². The van der Waals surface area contributed by atoms with Gasteiger partial charge < -0.3 is 5.32 Å². The largest absolute Gasteiger partial charge is 0.417 e. The van der Waals surface area contributed by atoms with Crippen LogP contribution in [-0.4, -0.2) is 12.0 Å². The van der Waals surface area contributed by atoms with Crippen molar-refractivity contribution in [3.05, 3.63) is 60.2 Å². The summed E-state index contributed by atoms with van der Waals surface area (Å²) in [5.41, 5.74) is -0.298. The smallest absolute Gasteiger partial charge is 0.373 e. The number of aromatic nitrogens is 1. The fraction of sp³-hybridized carbons (Fsp3) is 0.118. The molecule has 0 amide bonds. The van der Waals surface area contributed by atoms with Crippen LogP contribution in [0.2, 0.25) is 0 Å². The minimum atomic E-state index is -4.41. The quantitative estimate of drug-likeness (QED) is 0.723. The predicted molar refractivity (Wildman–Crippen MR) is 81.7 cm³/mol. The van der Waals surface area contributed by atoms with Crippen molar-refractivity contribution in [2.45, 2.75) is 6.18 Å². The molecule has 0 saturated heterocycles. The van der Waals surface area contributed by atoms with E-state index in [0.717, 1.165) is 16.8 Å². The molecule has 0 bridgehead atoms. The average molecular weight is 302 g/mol. The average Bonchev–Trinajstić information content (AvgIpc) is 2.53. The number of anilines is 1. The van der Waals surface area contributed by atoms with Crippen LogP contribution in [0.25, 0.3) is 22.0 Å². The zero-order valence-electron chi connectivity index (χ0n) is 11.8. The Hall–Kier alpha value is -2.56. The molecule has 3 aromatic rings. The third-order valence-corrected chi connectivity index (χ3v) is 3.49. The van der Waals surface area contributed by atoms with Gasteiger partial charge >= 0.3 is 6.18 Å². The maximum absolute atomic E-state index is 13.2. The topological polar surface area (TPSA) is 24.9 Å². The Bertz CT molecular complexity index is 825. The number of pyridine rings is 1. The number of nitrogens with zero attached hydrogens (tertiary/aromatic N) is 1. The van der Waals surface area contributed by atoms with Gasteiger partial charge in [0.25, 0.3) is 0 Å². The van der Waals surface area contributed by atoms with Crippen molar-refractivity contribution in [3.63, 3.8) is 0 Å². The molecule has 22 heavy (non-hydrogen) atoms. The Kier molecular flexibility index (Phi) is 3.48. The maximum atomic E-state index is 13.2. The van der Waals surface area contributed by atoms with Crippen molar-refractivity contribution in [1.82, 2.24) is 4.98 Å². The highest BCUT2D eigenvalue weighted by Crippen LogP contribution is 2.37. The van der Waals surface area contributed by atoms with E-state index in [9.17, 15) is 13.2 Å². The Labute approximate surface area is 125 Å². The molecule has 2 aromatic carbocycles. The van der Waals surface area contributed by atoms with E-state index < -0.39 is 11.7 Å². The number of alkyl halides is 3. The first-order valence-electron chi connectivity index (χ1n) is 6.75. The Morgan fingerprint density at radius 2 is 1.64 bits per heavy atom. The highest BCUT2D eigenvalue weighted by atomic mass is 19.4. The first-order chi connectivity index (χ1) is 10.5. The monoisotopic (exact) mass is 302 g/mol. The molecule has 0 fully saturated rings. The van der Waals surface area contributed by atoms with Crippen LogP contribution in [0.4, 0.5) is 19.0 Å². The number of fused-ring (bicyclic) bond motifs is 1. The molecule has 0 spiro atoms. The summed E-state index contributed by atoms with van der Waals surface area (Å²) >= 11 is 0. The molecule has 1 N–H and O–H groups in total. The fourth-order valence-electron chi connectivity index (χ4n) is 2.48.